The van der Waals surface area contributed by atoms with E-state index in [1.807, 2.05) is 0 Å². The van der Waals surface area contributed by atoms with Crippen LogP contribution in [-0.2, 0) is 0 Å². The molecule has 1 aromatic carbocycles. The van der Waals surface area contributed by atoms with Crippen molar-refractivity contribution in [3.05, 3.63) is 29.8 Å². The van der Waals surface area contributed by atoms with Crippen LogP contribution in [-0.4, -0.2) is 13.1 Å². The van der Waals surface area contributed by atoms with Gasteiger partial charge in [-0.3, -0.25) is 0 Å². The lowest BCUT2D eigenvalue weighted by atomic mass is 9.80. The highest BCUT2D eigenvalue weighted by Gasteiger charge is 2.31. The molecule has 2 nitrogen and oxygen atoms in total. The molecule has 1 fully saturated rings. The summed E-state index contributed by atoms with van der Waals surface area (Å²) < 4.78 is 0. The Hall–Kier alpha value is -1.02. The van der Waals surface area contributed by atoms with Crippen LogP contribution in [0.15, 0.2) is 24.3 Å². The molecule has 106 valence electrons. The largest absolute Gasteiger partial charge is 0.371 e. The van der Waals surface area contributed by atoms with Gasteiger partial charge in [0.2, 0.25) is 0 Å². The quantitative estimate of drug-likeness (QED) is 0.891. The highest BCUT2D eigenvalue weighted by atomic mass is 15.2. The van der Waals surface area contributed by atoms with Crippen LogP contribution in [0.2, 0.25) is 0 Å². The summed E-state index contributed by atoms with van der Waals surface area (Å²) >= 11 is 0. The van der Waals surface area contributed by atoms with Crippen LogP contribution < -0.4 is 10.6 Å². The lowest BCUT2D eigenvalue weighted by molar-refractivity contribution is 0.263. The van der Waals surface area contributed by atoms with E-state index in [0.717, 1.165) is 12.3 Å². The third-order valence-corrected chi connectivity index (χ3v) is 4.54. The maximum atomic E-state index is 6.06. The van der Waals surface area contributed by atoms with E-state index < -0.39 is 0 Å². The molecule has 0 aromatic heterocycles. The van der Waals surface area contributed by atoms with Crippen molar-refractivity contribution >= 4 is 5.69 Å². The molecule has 0 spiro atoms. The van der Waals surface area contributed by atoms with Gasteiger partial charge in [-0.25, -0.2) is 0 Å². The number of rotatable bonds is 3. The van der Waals surface area contributed by atoms with Gasteiger partial charge < -0.3 is 10.6 Å². The van der Waals surface area contributed by atoms with Crippen molar-refractivity contribution in [2.45, 2.75) is 46.6 Å². The third-order valence-electron chi connectivity index (χ3n) is 4.54. The Balaban J connectivity index is 2.04. The topological polar surface area (TPSA) is 29.3 Å². The fourth-order valence-electron chi connectivity index (χ4n) is 2.87. The zero-order valence-electron chi connectivity index (χ0n) is 12.8. The molecule has 0 bridgehead atoms. The fraction of sp³-hybridized carbons (Fsp3) is 0.647. The summed E-state index contributed by atoms with van der Waals surface area (Å²) in [5.74, 6) is 0.796. The van der Waals surface area contributed by atoms with Crippen LogP contribution in [0.4, 0.5) is 5.69 Å². The molecule has 0 amide bonds. The second kappa shape index (κ2) is 5.54. The minimum atomic E-state index is 0.176. The minimum Gasteiger partial charge on any atom is -0.371 e. The number of hydrogen-bond acceptors (Lipinski definition) is 2. The van der Waals surface area contributed by atoms with Gasteiger partial charge in [0.1, 0.15) is 0 Å². The fourth-order valence-corrected chi connectivity index (χ4v) is 2.87. The highest BCUT2D eigenvalue weighted by Crippen LogP contribution is 2.35. The van der Waals surface area contributed by atoms with Crippen LogP contribution in [0.25, 0.3) is 0 Å². The molecule has 1 aliphatic heterocycles. The van der Waals surface area contributed by atoms with Gasteiger partial charge in [-0.05, 0) is 41.9 Å². The predicted molar refractivity (Wildman–Crippen MR) is 83.4 cm³/mol. The highest BCUT2D eigenvalue weighted by molar-refractivity contribution is 5.49. The first-order chi connectivity index (χ1) is 8.91. The number of nitrogens with zero attached hydrogens (tertiary/aromatic N) is 1. The summed E-state index contributed by atoms with van der Waals surface area (Å²) in [6.07, 6.45) is 2.30. The predicted octanol–water partition coefficient (Wildman–Crippen LogP) is 3.97. The molecule has 2 unspecified atom stereocenters. The molecule has 19 heavy (non-hydrogen) atoms. The monoisotopic (exact) mass is 260 g/mol. The number of nitrogens with two attached hydrogens (primary N) is 1. The summed E-state index contributed by atoms with van der Waals surface area (Å²) in [7, 11) is 0. The second-order valence-corrected chi connectivity index (χ2v) is 6.90. The van der Waals surface area contributed by atoms with E-state index in [2.05, 4.69) is 56.9 Å². The molecule has 1 aromatic rings. The van der Waals surface area contributed by atoms with E-state index in [4.69, 9.17) is 5.73 Å². The molecule has 0 radical (unpaired) electrons. The van der Waals surface area contributed by atoms with Crippen LogP contribution in [0.1, 0.15) is 52.1 Å². The van der Waals surface area contributed by atoms with Crippen molar-refractivity contribution in [2.75, 3.05) is 18.0 Å². The molecule has 1 heterocycles. The first-order valence-corrected chi connectivity index (χ1v) is 7.52. The van der Waals surface area contributed by atoms with Crippen molar-refractivity contribution in [1.82, 2.24) is 0 Å². The maximum absolute atomic E-state index is 6.06. The van der Waals surface area contributed by atoms with E-state index in [9.17, 15) is 0 Å². The van der Waals surface area contributed by atoms with E-state index >= 15 is 0 Å². The SMILES string of the molecule is CCC(N)c1ccc(N2CCC(C(C)(C)C)C2)cc1. The molecular formula is C17H28N2. The van der Waals surface area contributed by atoms with Crippen molar-refractivity contribution in [3.8, 4) is 0 Å². The summed E-state index contributed by atoms with van der Waals surface area (Å²) in [6, 6.07) is 9.02. The summed E-state index contributed by atoms with van der Waals surface area (Å²) in [6.45, 7) is 11.6. The van der Waals surface area contributed by atoms with Crippen LogP contribution in [0.5, 0.6) is 0 Å². The third kappa shape index (κ3) is 3.30. The Morgan fingerprint density at radius 3 is 2.37 bits per heavy atom. The minimum absolute atomic E-state index is 0.176. The average Bonchev–Trinajstić information content (AvgIpc) is 2.87. The van der Waals surface area contributed by atoms with E-state index in [1.165, 1.54) is 30.8 Å². The Morgan fingerprint density at radius 1 is 1.26 bits per heavy atom. The summed E-state index contributed by atoms with van der Waals surface area (Å²) in [4.78, 5) is 2.51. The molecule has 1 saturated heterocycles. The Bertz CT molecular complexity index is 402. The Labute approximate surface area is 118 Å². The van der Waals surface area contributed by atoms with E-state index in [1.54, 1.807) is 0 Å². The molecule has 2 N–H and O–H groups in total. The van der Waals surface area contributed by atoms with Gasteiger partial charge in [0.05, 0.1) is 0 Å². The average molecular weight is 260 g/mol. The van der Waals surface area contributed by atoms with Gasteiger partial charge in [-0.1, -0.05) is 39.8 Å². The Kier molecular flexibility index (Phi) is 4.19. The maximum Gasteiger partial charge on any atom is 0.0366 e. The van der Waals surface area contributed by atoms with Crippen molar-refractivity contribution in [1.29, 1.82) is 0 Å². The molecule has 0 aliphatic carbocycles. The van der Waals surface area contributed by atoms with Crippen LogP contribution >= 0.6 is 0 Å². The van der Waals surface area contributed by atoms with Crippen molar-refractivity contribution in [3.63, 3.8) is 0 Å². The Morgan fingerprint density at radius 2 is 1.89 bits per heavy atom. The lowest BCUT2D eigenvalue weighted by Crippen LogP contribution is -2.25. The lowest BCUT2D eigenvalue weighted by Gasteiger charge is -2.27. The normalized spacial score (nSPS) is 21.7. The van der Waals surface area contributed by atoms with Gasteiger partial charge >= 0.3 is 0 Å². The van der Waals surface area contributed by atoms with Crippen molar-refractivity contribution in [2.24, 2.45) is 17.1 Å². The second-order valence-electron chi connectivity index (χ2n) is 6.90. The van der Waals surface area contributed by atoms with Crippen molar-refractivity contribution < 1.29 is 0 Å². The van der Waals surface area contributed by atoms with E-state index in [0.29, 0.717) is 5.41 Å². The standard InChI is InChI=1S/C17H28N2/c1-5-16(18)13-6-8-15(9-7-13)19-11-10-14(12-19)17(2,3)4/h6-9,14,16H,5,10-12,18H2,1-4H3. The molecule has 0 saturated carbocycles. The van der Waals surface area contributed by atoms with Gasteiger partial charge in [0.15, 0.2) is 0 Å². The summed E-state index contributed by atoms with van der Waals surface area (Å²) in [5, 5.41) is 0. The first kappa shape index (κ1) is 14.4. The van der Waals surface area contributed by atoms with Gasteiger partial charge in [0.25, 0.3) is 0 Å². The molecular weight excluding hydrogens is 232 g/mol. The van der Waals surface area contributed by atoms with Gasteiger partial charge in [-0.2, -0.15) is 0 Å². The molecule has 2 heteroatoms. The van der Waals surface area contributed by atoms with Crippen LogP contribution in [0, 0.1) is 11.3 Å². The number of hydrogen-bond donors (Lipinski definition) is 1. The zero-order valence-corrected chi connectivity index (χ0v) is 12.8. The van der Waals surface area contributed by atoms with Gasteiger partial charge in [0, 0.05) is 24.8 Å². The van der Waals surface area contributed by atoms with Crippen LogP contribution in [0.3, 0.4) is 0 Å². The van der Waals surface area contributed by atoms with E-state index in [-0.39, 0.29) is 6.04 Å². The molecule has 1 aliphatic rings. The molecule has 2 rings (SSSR count). The number of benzene rings is 1. The molecule has 2 atom stereocenters. The van der Waals surface area contributed by atoms with Gasteiger partial charge in [-0.15, -0.1) is 0 Å². The first-order valence-electron chi connectivity index (χ1n) is 7.52. The smallest absolute Gasteiger partial charge is 0.0366 e. The zero-order chi connectivity index (χ0) is 14.0. The summed E-state index contributed by atoms with van der Waals surface area (Å²) in [5.41, 5.74) is 9.07. The number of anilines is 1.